The van der Waals surface area contributed by atoms with Crippen molar-refractivity contribution in [3.63, 3.8) is 0 Å². The van der Waals surface area contributed by atoms with E-state index >= 15 is 0 Å². The number of hydrogen-bond donors (Lipinski definition) is 1. The monoisotopic (exact) mass is 269 g/mol. The summed E-state index contributed by atoms with van der Waals surface area (Å²) in [5.74, 6) is 0. The summed E-state index contributed by atoms with van der Waals surface area (Å²) in [7, 11) is 4.23. The summed E-state index contributed by atoms with van der Waals surface area (Å²) in [5, 5.41) is 4.78. The Hall–Kier alpha value is -0.450. The molecule has 0 aliphatic heterocycles. The van der Waals surface area contributed by atoms with Gasteiger partial charge >= 0.3 is 0 Å². The Morgan fingerprint density at radius 2 is 1.94 bits per heavy atom. The van der Waals surface area contributed by atoms with Crippen LogP contribution in [0.5, 0.6) is 0 Å². The van der Waals surface area contributed by atoms with Gasteiger partial charge in [0, 0.05) is 24.4 Å². The Balaban J connectivity index is 2.61. The van der Waals surface area contributed by atoms with Gasteiger partial charge in [0.25, 0.3) is 0 Å². The van der Waals surface area contributed by atoms with Crippen LogP contribution in [0.25, 0.3) is 0 Å². The summed E-state index contributed by atoms with van der Waals surface area (Å²) in [6.45, 7) is 7.59. The van der Waals surface area contributed by atoms with E-state index in [9.17, 15) is 0 Å². The van der Waals surface area contributed by atoms with E-state index < -0.39 is 0 Å². The quantitative estimate of drug-likeness (QED) is 0.699. The van der Waals surface area contributed by atoms with Gasteiger partial charge in [-0.3, -0.25) is 0 Å². The second-order valence-electron chi connectivity index (χ2n) is 4.96. The zero-order valence-corrected chi connectivity index (χ0v) is 13.1. The van der Waals surface area contributed by atoms with Gasteiger partial charge in [-0.2, -0.15) is 0 Å². The van der Waals surface area contributed by atoms with Gasteiger partial charge in [0.15, 0.2) is 0 Å². The number of nitrogens with zero attached hydrogens (tertiary/aromatic N) is 2. The molecule has 4 heteroatoms. The fourth-order valence-corrected chi connectivity index (χ4v) is 2.89. The predicted octanol–water partition coefficient (Wildman–Crippen LogP) is 2.70. The Morgan fingerprint density at radius 1 is 1.17 bits per heavy atom. The minimum absolute atomic E-state index is 0.989. The first-order valence-electron chi connectivity index (χ1n) is 7.00. The molecule has 0 fully saturated rings. The molecule has 0 saturated heterocycles. The highest BCUT2D eigenvalue weighted by Gasteiger charge is 2.10. The smallest absolute Gasteiger partial charge is 0.0944 e. The molecule has 0 bridgehead atoms. The summed E-state index contributed by atoms with van der Waals surface area (Å²) in [6.07, 6.45) is 4.55. The number of hydrogen-bond acceptors (Lipinski definition) is 4. The van der Waals surface area contributed by atoms with E-state index in [2.05, 4.69) is 38.2 Å². The van der Waals surface area contributed by atoms with Gasteiger partial charge in [0.1, 0.15) is 0 Å². The molecule has 0 radical (unpaired) electrons. The summed E-state index contributed by atoms with van der Waals surface area (Å²) in [5.41, 5.74) is 1.32. The normalized spacial score (nSPS) is 11.4. The first kappa shape index (κ1) is 15.6. The van der Waals surface area contributed by atoms with E-state index in [0.717, 1.165) is 32.5 Å². The van der Waals surface area contributed by atoms with E-state index in [1.165, 1.54) is 28.4 Å². The molecule has 104 valence electrons. The lowest BCUT2D eigenvalue weighted by atomic mass is 10.2. The third-order valence-corrected chi connectivity index (χ3v) is 3.95. The van der Waals surface area contributed by atoms with E-state index in [1.807, 2.05) is 11.3 Å². The van der Waals surface area contributed by atoms with Crippen LogP contribution in [-0.4, -0.2) is 37.1 Å². The van der Waals surface area contributed by atoms with Gasteiger partial charge in [0.05, 0.1) is 10.7 Å². The van der Waals surface area contributed by atoms with Crippen LogP contribution in [0.2, 0.25) is 0 Å². The van der Waals surface area contributed by atoms with Crippen LogP contribution in [-0.2, 0) is 19.4 Å². The van der Waals surface area contributed by atoms with Crippen LogP contribution in [0.3, 0.4) is 0 Å². The Morgan fingerprint density at radius 3 is 2.56 bits per heavy atom. The van der Waals surface area contributed by atoms with Crippen LogP contribution in [0.1, 0.15) is 42.3 Å². The molecule has 1 heterocycles. The summed E-state index contributed by atoms with van der Waals surface area (Å²) in [6, 6.07) is 0. The Labute approximate surface area is 116 Å². The fourth-order valence-electron chi connectivity index (χ4n) is 1.81. The lowest BCUT2D eigenvalue weighted by Gasteiger charge is -2.06. The minimum Gasteiger partial charge on any atom is -0.312 e. The predicted molar refractivity (Wildman–Crippen MR) is 80.4 cm³/mol. The van der Waals surface area contributed by atoms with E-state index in [-0.39, 0.29) is 0 Å². The highest BCUT2D eigenvalue weighted by atomic mass is 32.1. The molecule has 0 aliphatic rings. The van der Waals surface area contributed by atoms with Crippen molar-refractivity contribution in [1.82, 2.24) is 15.2 Å². The highest BCUT2D eigenvalue weighted by Crippen LogP contribution is 2.20. The zero-order valence-electron chi connectivity index (χ0n) is 12.3. The molecule has 1 aromatic heterocycles. The third-order valence-electron chi connectivity index (χ3n) is 2.79. The van der Waals surface area contributed by atoms with Gasteiger partial charge in [-0.1, -0.05) is 20.3 Å². The maximum Gasteiger partial charge on any atom is 0.0944 e. The molecule has 0 aliphatic carbocycles. The second kappa shape index (κ2) is 8.62. The van der Waals surface area contributed by atoms with Gasteiger partial charge < -0.3 is 10.2 Å². The topological polar surface area (TPSA) is 28.2 Å². The van der Waals surface area contributed by atoms with Gasteiger partial charge in [0.2, 0.25) is 0 Å². The molecule has 0 atom stereocenters. The first-order chi connectivity index (χ1) is 8.67. The van der Waals surface area contributed by atoms with E-state index in [0.29, 0.717) is 0 Å². The number of likely N-dealkylation sites (N-methyl/N-ethyl adjacent to an activating group) is 1. The molecular formula is C14H27N3S. The molecule has 1 N–H and O–H groups in total. The lowest BCUT2D eigenvalue weighted by Crippen LogP contribution is -2.14. The highest BCUT2D eigenvalue weighted by molar-refractivity contribution is 7.11. The first-order valence-corrected chi connectivity index (χ1v) is 7.81. The molecule has 0 spiro atoms. The molecule has 0 unspecified atom stereocenters. The molecule has 0 amide bonds. The maximum absolute atomic E-state index is 4.80. The molecule has 0 aromatic carbocycles. The van der Waals surface area contributed by atoms with Crippen LogP contribution >= 0.6 is 11.3 Å². The summed E-state index contributed by atoms with van der Waals surface area (Å²) in [4.78, 5) is 8.46. The number of rotatable bonds is 9. The third kappa shape index (κ3) is 5.46. The van der Waals surface area contributed by atoms with Gasteiger partial charge in [-0.05, 0) is 33.5 Å². The van der Waals surface area contributed by atoms with Crippen LogP contribution in [0.4, 0.5) is 0 Å². The SMILES string of the molecule is CCCNCc1sc(CCN(C)C)nc1CCC. The largest absolute Gasteiger partial charge is 0.312 e. The van der Waals surface area contributed by atoms with Crippen molar-refractivity contribution in [2.24, 2.45) is 0 Å². The van der Waals surface area contributed by atoms with Gasteiger partial charge in [-0.15, -0.1) is 11.3 Å². The minimum atomic E-state index is 0.989. The number of nitrogens with one attached hydrogen (secondary N) is 1. The van der Waals surface area contributed by atoms with Crippen LogP contribution in [0, 0.1) is 0 Å². The summed E-state index contributed by atoms with van der Waals surface area (Å²) >= 11 is 1.89. The molecule has 1 rings (SSSR count). The molecule has 18 heavy (non-hydrogen) atoms. The van der Waals surface area contributed by atoms with Crippen molar-refractivity contribution in [3.8, 4) is 0 Å². The zero-order chi connectivity index (χ0) is 13.4. The van der Waals surface area contributed by atoms with Crippen LogP contribution < -0.4 is 5.32 Å². The number of aryl methyl sites for hydroxylation is 1. The number of aromatic nitrogens is 1. The van der Waals surface area contributed by atoms with E-state index in [4.69, 9.17) is 4.98 Å². The second-order valence-corrected chi connectivity index (χ2v) is 6.13. The van der Waals surface area contributed by atoms with Crippen LogP contribution in [0.15, 0.2) is 0 Å². The van der Waals surface area contributed by atoms with Crippen molar-refractivity contribution < 1.29 is 0 Å². The van der Waals surface area contributed by atoms with Crippen molar-refractivity contribution in [2.75, 3.05) is 27.2 Å². The Bertz CT molecular complexity index is 334. The van der Waals surface area contributed by atoms with Gasteiger partial charge in [-0.25, -0.2) is 4.98 Å². The van der Waals surface area contributed by atoms with Crippen molar-refractivity contribution in [3.05, 3.63) is 15.6 Å². The number of thiazole rings is 1. The fraction of sp³-hybridized carbons (Fsp3) is 0.786. The average molecular weight is 269 g/mol. The van der Waals surface area contributed by atoms with Crippen molar-refractivity contribution in [2.45, 2.75) is 46.1 Å². The standard InChI is InChI=1S/C14H27N3S/c1-5-7-12-13(11-15-9-6-2)18-14(16-12)8-10-17(3)4/h15H,5-11H2,1-4H3. The lowest BCUT2D eigenvalue weighted by molar-refractivity contribution is 0.413. The summed E-state index contributed by atoms with van der Waals surface area (Å²) < 4.78 is 0. The van der Waals surface area contributed by atoms with E-state index in [1.54, 1.807) is 0 Å². The maximum atomic E-state index is 4.80. The average Bonchev–Trinajstić information content (AvgIpc) is 2.70. The molecule has 3 nitrogen and oxygen atoms in total. The van der Waals surface area contributed by atoms with Crippen molar-refractivity contribution >= 4 is 11.3 Å². The molecular weight excluding hydrogens is 242 g/mol. The molecule has 0 saturated carbocycles. The van der Waals surface area contributed by atoms with Crippen molar-refractivity contribution in [1.29, 1.82) is 0 Å². The Kier molecular flexibility index (Phi) is 7.47. The molecule has 1 aromatic rings.